The van der Waals surface area contributed by atoms with E-state index < -0.39 is 5.60 Å². The number of carbonyl (C=O) groups excluding carboxylic acids is 1. The number of fused-ring (bicyclic) bond motifs is 7. The number of oxazole rings is 1. The third kappa shape index (κ3) is 3.49. The number of nitrogens with zero attached hydrogens (tertiary/aromatic N) is 3. The van der Waals surface area contributed by atoms with Crippen molar-refractivity contribution in [2.75, 3.05) is 0 Å². The molecule has 0 radical (unpaired) electrons. The third-order valence-corrected chi connectivity index (χ3v) is 11.7. The summed E-state index contributed by atoms with van der Waals surface area (Å²) in [6.07, 6.45) is 18.9. The molecule has 1 N–H and O–H groups in total. The van der Waals surface area contributed by atoms with Gasteiger partial charge in [0.1, 0.15) is 6.26 Å². The second kappa shape index (κ2) is 8.28. The number of rotatable bonds is 4. The van der Waals surface area contributed by atoms with E-state index in [0.717, 1.165) is 42.1 Å². The minimum Gasteiger partial charge on any atom is -0.444 e. The lowest BCUT2D eigenvalue weighted by Gasteiger charge is -2.57. The van der Waals surface area contributed by atoms with Crippen LogP contribution in [-0.4, -0.2) is 31.3 Å². The van der Waals surface area contributed by atoms with E-state index in [-0.39, 0.29) is 11.3 Å². The quantitative estimate of drug-likeness (QED) is 0.588. The van der Waals surface area contributed by atoms with Gasteiger partial charge in [0.05, 0.1) is 30.1 Å². The first-order chi connectivity index (χ1) is 17.3. The van der Waals surface area contributed by atoms with Gasteiger partial charge in [0.15, 0.2) is 5.78 Å². The molecule has 7 rings (SSSR count). The van der Waals surface area contributed by atoms with Crippen LogP contribution in [0.3, 0.4) is 0 Å². The van der Waals surface area contributed by atoms with Crippen molar-refractivity contribution in [3.8, 4) is 11.5 Å². The molecular formula is C30H41N3O3. The highest BCUT2D eigenvalue weighted by molar-refractivity contribution is 5.82. The van der Waals surface area contributed by atoms with Gasteiger partial charge in [-0.3, -0.25) is 9.48 Å². The molecule has 36 heavy (non-hydrogen) atoms. The zero-order valence-electron chi connectivity index (χ0n) is 21.8. The lowest BCUT2D eigenvalue weighted by Crippen LogP contribution is -2.52. The molecule has 194 valence electrons. The van der Waals surface area contributed by atoms with Crippen LogP contribution in [-0.2, 0) is 11.3 Å². The van der Waals surface area contributed by atoms with Crippen LogP contribution in [0.15, 0.2) is 29.3 Å². The fraction of sp³-hybridized carbons (Fsp3) is 0.767. The topological polar surface area (TPSA) is 81.1 Å². The first-order valence-corrected chi connectivity index (χ1v) is 14.5. The monoisotopic (exact) mass is 491 g/mol. The highest BCUT2D eigenvalue weighted by Gasteiger charge is 2.65. The molecule has 2 aromatic heterocycles. The molecule has 3 unspecified atom stereocenters. The maximum Gasteiger partial charge on any atom is 0.229 e. The summed E-state index contributed by atoms with van der Waals surface area (Å²) >= 11 is 0. The average molecular weight is 492 g/mol. The van der Waals surface area contributed by atoms with Crippen molar-refractivity contribution in [1.29, 1.82) is 0 Å². The Hall–Kier alpha value is -1.95. The van der Waals surface area contributed by atoms with Gasteiger partial charge in [-0.15, -0.1) is 0 Å². The SMILES string of the molecule is C[C@@]1(O)CC[C@H]2C(CCC3C4[C@@H]5CCC[C@@H]5[C@H](C(=O)Cn5cc(-c6ncco6)cn5)[C@@]4(C)CC[C@@H]32)C1. The Morgan fingerprint density at radius 2 is 1.86 bits per heavy atom. The van der Waals surface area contributed by atoms with Crippen molar-refractivity contribution in [2.24, 2.45) is 52.8 Å². The molecule has 0 amide bonds. The van der Waals surface area contributed by atoms with Gasteiger partial charge in [-0.05, 0) is 112 Å². The number of ketones is 1. The van der Waals surface area contributed by atoms with E-state index in [4.69, 9.17) is 4.42 Å². The molecule has 5 aliphatic rings. The van der Waals surface area contributed by atoms with Crippen LogP contribution in [0.2, 0.25) is 0 Å². The van der Waals surface area contributed by atoms with Crippen LogP contribution in [0.4, 0.5) is 0 Å². The smallest absolute Gasteiger partial charge is 0.229 e. The fourth-order valence-corrected chi connectivity index (χ4v) is 10.7. The summed E-state index contributed by atoms with van der Waals surface area (Å²) in [5.41, 5.74) is 0.489. The van der Waals surface area contributed by atoms with Crippen LogP contribution in [0, 0.1) is 52.8 Å². The van der Waals surface area contributed by atoms with Crippen molar-refractivity contribution in [3.05, 3.63) is 24.9 Å². The Morgan fingerprint density at radius 1 is 1.06 bits per heavy atom. The minimum absolute atomic E-state index is 0.125. The summed E-state index contributed by atoms with van der Waals surface area (Å²) in [5, 5.41) is 15.2. The van der Waals surface area contributed by atoms with E-state index in [1.165, 1.54) is 51.4 Å². The number of Topliss-reactive ketones (excluding diaryl/α,β-unsaturated/α-hetero) is 1. The zero-order chi connectivity index (χ0) is 24.7. The molecule has 0 saturated heterocycles. The lowest BCUT2D eigenvalue weighted by atomic mass is 9.48. The van der Waals surface area contributed by atoms with Gasteiger partial charge in [0, 0.05) is 12.1 Å². The van der Waals surface area contributed by atoms with Gasteiger partial charge >= 0.3 is 0 Å². The predicted octanol–water partition coefficient (Wildman–Crippen LogP) is 5.76. The van der Waals surface area contributed by atoms with E-state index in [9.17, 15) is 9.90 Å². The normalized spacial score (nSPS) is 45.5. The summed E-state index contributed by atoms with van der Waals surface area (Å²) in [6.45, 7) is 4.90. The number of hydrogen-bond donors (Lipinski definition) is 1. The van der Waals surface area contributed by atoms with Gasteiger partial charge in [-0.1, -0.05) is 13.3 Å². The van der Waals surface area contributed by atoms with Gasteiger partial charge in [-0.2, -0.15) is 5.10 Å². The summed E-state index contributed by atoms with van der Waals surface area (Å²) in [7, 11) is 0. The molecular weight excluding hydrogens is 450 g/mol. The molecule has 2 aromatic rings. The van der Waals surface area contributed by atoms with Crippen LogP contribution < -0.4 is 0 Å². The van der Waals surface area contributed by atoms with Gasteiger partial charge in [0.25, 0.3) is 0 Å². The van der Waals surface area contributed by atoms with Crippen LogP contribution in [0.5, 0.6) is 0 Å². The molecule has 5 fully saturated rings. The summed E-state index contributed by atoms with van der Waals surface area (Å²) in [6, 6.07) is 0. The van der Waals surface area contributed by atoms with Crippen molar-refractivity contribution < 1.29 is 14.3 Å². The van der Waals surface area contributed by atoms with Crippen molar-refractivity contribution in [1.82, 2.24) is 14.8 Å². The maximum atomic E-state index is 14.0. The van der Waals surface area contributed by atoms with Gasteiger partial charge < -0.3 is 9.52 Å². The van der Waals surface area contributed by atoms with Crippen molar-refractivity contribution in [2.45, 2.75) is 90.2 Å². The first kappa shape index (κ1) is 23.2. The lowest BCUT2D eigenvalue weighted by molar-refractivity contribution is -0.135. The molecule has 6 nitrogen and oxygen atoms in total. The molecule has 6 heteroatoms. The number of aromatic nitrogens is 3. The Bertz CT molecular complexity index is 1120. The second-order valence-corrected chi connectivity index (χ2v) is 13.6. The second-order valence-electron chi connectivity index (χ2n) is 13.6. The van der Waals surface area contributed by atoms with Crippen molar-refractivity contribution in [3.63, 3.8) is 0 Å². The van der Waals surface area contributed by atoms with E-state index in [1.807, 2.05) is 6.20 Å². The molecule has 2 heterocycles. The van der Waals surface area contributed by atoms with Crippen molar-refractivity contribution >= 4 is 5.78 Å². The molecule has 0 aromatic carbocycles. The number of carbonyl (C=O) groups is 1. The third-order valence-electron chi connectivity index (χ3n) is 11.7. The maximum absolute atomic E-state index is 14.0. The molecule has 0 aliphatic heterocycles. The summed E-state index contributed by atoms with van der Waals surface area (Å²) in [4.78, 5) is 18.3. The van der Waals surface area contributed by atoms with Gasteiger partial charge in [0.2, 0.25) is 5.89 Å². The Kier molecular flexibility index (Phi) is 5.33. The summed E-state index contributed by atoms with van der Waals surface area (Å²) in [5.74, 6) is 6.15. The molecule has 0 spiro atoms. The van der Waals surface area contributed by atoms with E-state index >= 15 is 0 Å². The van der Waals surface area contributed by atoms with Crippen LogP contribution in [0.25, 0.3) is 11.5 Å². The molecule has 0 bridgehead atoms. The molecule has 5 aliphatic carbocycles. The molecule has 10 atom stereocenters. The largest absolute Gasteiger partial charge is 0.444 e. The van der Waals surface area contributed by atoms with Gasteiger partial charge in [-0.25, -0.2) is 4.98 Å². The highest BCUT2D eigenvalue weighted by Crippen LogP contribution is 2.70. The fourth-order valence-electron chi connectivity index (χ4n) is 10.7. The summed E-state index contributed by atoms with van der Waals surface area (Å²) < 4.78 is 7.22. The first-order valence-electron chi connectivity index (χ1n) is 14.5. The standard InChI is InChI=1S/C30H41N3O3/c1-29(35)10-8-20-18(14-29)6-7-24-21(20)9-11-30(2)26(24)22-4-3-5-23(22)27(30)25(34)17-33-16-19(15-32-33)28-31-12-13-36-28/h12-13,15-16,18,20-24,26-27,35H,3-11,14,17H2,1-2H3/t18?,20-,21+,22+,23-,24?,26?,27+,29+,30-/m0/s1. The Morgan fingerprint density at radius 3 is 2.69 bits per heavy atom. The zero-order valence-corrected chi connectivity index (χ0v) is 21.8. The van der Waals surface area contributed by atoms with E-state index in [0.29, 0.717) is 36.0 Å². The average Bonchev–Trinajstić information content (AvgIpc) is 3.62. The minimum atomic E-state index is -0.460. The highest BCUT2D eigenvalue weighted by atomic mass is 16.3. The predicted molar refractivity (Wildman–Crippen MR) is 136 cm³/mol. The van der Waals surface area contributed by atoms with Crippen LogP contribution in [0.1, 0.15) is 78.1 Å². The number of hydrogen-bond acceptors (Lipinski definition) is 5. The number of aliphatic hydroxyl groups is 1. The van der Waals surface area contributed by atoms with E-state index in [1.54, 1.807) is 23.3 Å². The van der Waals surface area contributed by atoms with E-state index in [2.05, 4.69) is 23.9 Å². The Labute approximate surface area is 214 Å². The van der Waals surface area contributed by atoms with Crippen LogP contribution >= 0.6 is 0 Å². The Balaban J connectivity index is 1.14. The molecule has 5 saturated carbocycles.